The SMILES string of the molecule is CCc1ccccc1NC(=O)N1CCc2c(c(COCc3cccc(F)c3)nn2C)C1. The van der Waals surface area contributed by atoms with Crippen molar-refractivity contribution in [1.29, 1.82) is 0 Å². The van der Waals surface area contributed by atoms with E-state index in [2.05, 4.69) is 17.3 Å². The molecule has 0 saturated carbocycles. The number of carbonyl (C=O) groups excluding carboxylic acids is 1. The van der Waals surface area contributed by atoms with Gasteiger partial charge in [-0.1, -0.05) is 37.3 Å². The summed E-state index contributed by atoms with van der Waals surface area (Å²) in [5.41, 5.74) is 5.72. The van der Waals surface area contributed by atoms with Gasteiger partial charge in [0.05, 0.1) is 25.5 Å². The molecule has 2 amide bonds. The van der Waals surface area contributed by atoms with Gasteiger partial charge in [0.1, 0.15) is 5.82 Å². The average molecular weight is 423 g/mol. The van der Waals surface area contributed by atoms with Gasteiger partial charge in [-0.3, -0.25) is 4.68 Å². The number of carbonyl (C=O) groups is 1. The number of anilines is 1. The van der Waals surface area contributed by atoms with E-state index >= 15 is 0 Å². The number of nitrogens with one attached hydrogen (secondary N) is 1. The summed E-state index contributed by atoms with van der Waals surface area (Å²) < 4.78 is 21.0. The van der Waals surface area contributed by atoms with Gasteiger partial charge in [0.15, 0.2) is 0 Å². The number of hydrogen-bond donors (Lipinski definition) is 1. The van der Waals surface area contributed by atoms with Gasteiger partial charge in [0, 0.05) is 37.0 Å². The first-order valence-corrected chi connectivity index (χ1v) is 10.5. The maximum Gasteiger partial charge on any atom is 0.322 e. The van der Waals surface area contributed by atoms with Crippen LogP contribution in [0.4, 0.5) is 14.9 Å². The van der Waals surface area contributed by atoms with Crippen LogP contribution in [0.5, 0.6) is 0 Å². The van der Waals surface area contributed by atoms with Gasteiger partial charge in [-0.2, -0.15) is 5.10 Å². The zero-order chi connectivity index (χ0) is 21.8. The van der Waals surface area contributed by atoms with E-state index in [0.29, 0.717) is 26.3 Å². The number of ether oxygens (including phenoxy) is 1. The number of aryl methyl sites for hydroxylation is 2. The lowest BCUT2D eigenvalue weighted by Crippen LogP contribution is -2.39. The Balaban J connectivity index is 1.42. The first-order valence-electron chi connectivity index (χ1n) is 10.5. The van der Waals surface area contributed by atoms with Gasteiger partial charge in [-0.15, -0.1) is 0 Å². The number of rotatable bonds is 6. The molecule has 0 fully saturated rings. The van der Waals surface area contributed by atoms with Crippen LogP contribution in [-0.4, -0.2) is 27.3 Å². The van der Waals surface area contributed by atoms with Gasteiger partial charge < -0.3 is 15.0 Å². The van der Waals surface area contributed by atoms with Gasteiger partial charge in [-0.25, -0.2) is 9.18 Å². The lowest BCUT2D eigenvalue weighted by Gasteiger charge is -2.28. The van der Waals surface area contributed by atoms with Crippen molar-refractivity contribution >= 4 is 11.7 Å². The molecular weight excluding hydrogens is 395 g/mol. The molecule has 1 aromatic heterocycles. The highest BCUT2D eigenvalue weighted by molar-refractivity contribution is 5.90. The van der Waals surface area contributed by atoms with E-state index in [1.165, 1.54) is 12.1 Å². The van der Waals surface area contributed by atoms with Crippen LogP contribution in [0, 0.1) is 5.82 Å². The molecule has 0 spiro atoms. The zero-order valence-corrected chi connectivity index (χ0v) is 17.9. The van der Waals surface area contributed by atoms with Crippen LogP contribution in [0.1, 0.15) is 35.0 Å². The molecule has 3 aromatic rings. The minimum absolute atomic E-state index is 0.109. The summed E-state index contributed by atoms with van der Waals surface area (Å²) in [6.07, 6.45) is 1.60. The molecule has 0 saturated heterocycles. The van der Waals surface area contributed by atoms with Crippen molar-refractivity contribution in [2.45, 2.75) is 39.5 Å². The Kier molecular flexibility index (Phi) is 6.32. The molecule has 162 valence electrons. The van der Waals surface area contributed by atoms with E-state index in [-0.39, 0.29) is 11.8 Å². The second-order valence-electron chi connectivity index (χ2n) is 7.73. The van der Waals surface area contributed by atoms with Crippen LogP contribution in [-0.2, 0) is 44.4 Å². The molecule has 2 aromatic carbocycles. The van der Waals surface area contributed by atoms with Crippen LogP contribution in [0.25, 0.3) is 0 Å². The van der Waals surface area contributed by atoms with E-state index in [9.17, 15) is 9.18 Å². The third kappa shape index (κ3) is 4.77. The lowest BCUT2D eigenvalue weighted by atomic mass is 10.1. The largest absolute Gasteiger partial charge is 0.370 e. The van der Waals surface area contributed by atoms with E-state index in [0.717, 1.165) is 46.6 Å². The first kappa shape index (κ1) is 21.1. The van der Waals surface area contributed by atoms with Crippen molar-refractivity contribution in [2.75, 3.05) is 11.9 Å². The molecule has 1 aliphatic rings. The van der Waals surface area contributed by atoms with Crippen molar-refractivity contribution in [3.05, 3.63) is 82.4 Å². The van der Waals surface area contributed by atoms with Crippen LogP contribution in [0.15, 0.2) is 48.5 Å². The molecule has 31 heavy (non-hydrogen) atoms. The molecule has 0 atom stereocenters. The molecule has 6 nitrogen and oxygen atoms in total. The minimum atomic E-state index is -0.275. The van der Waals surface area contributed by atoms with Gasteiger partial charge >= 0.3 is 6.03 Å². The highest BCUT2D eigenvalue weighted by Crippen LogP contribution is 2.24. The fourth-order valence-corrected chi connectivity index (χ4v) is 4.00. The summed E-state index contributed by atoms with van der Waals surface area (Å²) in [5.74, 6) is -0.275. The quantitative estimate of drug-likeness (QED) is 0.639. The predicted octanol–water partition coefficient (Wildman–Crippen LogP) is 4.43. The Hall–Kier alpha value is -3.19. The monoisotopic (exact) mass is 422 g/mol. The summed E-state index contributed by atoms with van der Waals surface area (Å²) in [4.78, 5) is 14.7. The standard InChI is InChI=1S/C24H27FN4O2/c1-3-18-8-4-5-10-21(18)26-24(30)29-12-11-23-20(14-29)22(27-28(23)2)16-31-15-17-7-6-9-19(25)13-17/h4-10,13H,3,11-12,14-16H2,1-2H3,(H,26,30). The topological polar surface area (TPSA) is 59.4 Å². The van der Waals surface area contributed by atoms with Crippen molar-refractivity contribution < 1.29 is 13.9 Å². The number of urea groups is 1. The Bertz CT molecular complexity index is 1080. The molecule has 0 radical (unpaired) electrons. The lowest BCUT2D eigenvalue weighted by molar-refractivity contribution is 0.103. The fraction of sp³-hybridized carbons (Fsp3) is 0.333. The highest BCUT2D eigenvalue weighted by atomic mass is 19.1. The number of amides is 2. The second kappa shape index (κ2) is 9.31. The Morgan fingerprint density at radius 2 is 2.03 bits per heavy atom. The molecule has 1 aliphatic heterocycles. The van der Waals surface area contributed by atoms with Crippen LogP contribution < -0.4 is 5.32 Å². The van der Waals surface area contributed by atoms with Crippen molar-refractivity contribution in [2.24, 2.45) is 7.05 Å². The van der Waals surface area contributed by atoms with Crippen LogP contribution in [0.2, 0.25) is 0 Å². The van der Waals surface area contributed by atoms with E-state index in [1.807, 2.05) is 47.0 Å². The fourth-order valence-electron chi connectivity index (χ4n) is 4.00. The third-order valence-electron chi connectivity index (χ3n) is 5.65. The van der Waals surface area contributed by atoms with Crippen molar-refractivity contribution in [1.82, 2.24) is 14.7 Å². The number of hydrogen-bond acceptors (Lipinski definition) is 3. The highest BCUT2D eigenvalue weighted by Gasteiger charge is 2.27. The summed E-state index contributed by atoms with van der Waals surface area (Å²) in [7, 11) is 1.92. The van der Waals surface area contributed by atoms with Crippen LogP contribution in [0.3, 0.4) is 0 Å². The number of aromatic nitrogens is 2. The normalized spacial score (nSPS) is 13.2. The van der Waals surface area contributed by atoms with E-state index < -0.39 is 0 Å². The predicted molar refractivity (Wildman–Crippen MR) is 117 cm³/mol. The molecule has 0 bridgehead atoms. The van der Waals surface area contributed by atoms with Gasteiger partial charge in [0.25, 0.3) is 0 Å². The number of fused-ring (bicyclic) bond motifs is 1. The minimum Gasteiger partial charge on any atom is -0.370 e. The second-order valence-corrected chi connectivity index (χ2v) is 7.73. The van der Waals surface area contributed by atoms with Gasteiger partial charge in [-0.05, 0) is 35.7 Å². The summed E-state index contributed by atoms with van der Waals surface area (Å²) in [5, 5.41) is 7.66. The molecule has 1 N–H and O–H groups in total. The molecule has 7 heteroatoms. The number of halogens is 1. The Morgan fingerprint density at radius 3 is 2.84 bits per heavy atom. The Labute approximate surface area is 181 Å². The van der Waals surface area contributed by atoms with Crippen molar-refractivity contribution in [3.63, 3.8) is 0 Å². The zero-order valence-electron chi connectivity index (χ0n) is 17.9. The van der Waals surface area contributed by atoms with E-state index in [4.69, 9.17) is 4.74 Å². The summed E-state index contributed by atoms with van der Waals surface area (Å²) >= 11 is 0. The molecule has 4 rings (SSSR count). The summed E-state index contributed by atoms with van der Waals surface area (Å²) in [6.45, 7) is 3.82. The first-order chi connectivity index (χ1) is 15.0. The van der Waals surface area contributed by atoms with E-state index in [1.54, 1.807) is 6.07 Å². The number of nitrogens with zero attached hydrogens (tertiary/aromatic N) is 3. The average Bonchev–Trinajstić information content (AvgIpc) is 3.09. The van der Waals surface area contributed by atoms with Crippen LogP contribution >= 0.6 is 0 Å². The molecule has 0 aliphatic carbocycles. The number of para-hydroxylation sites is 1. The maximum atomic E-state index is 13.4. The number of benzene rings is 2. The maximum absolute atomic E-state index is 13.4. The molecule has 2 heterocycles. The third-order valence-corrected chi connectivity index (χ3v) is 5.65. The van der Waals surface area contributed by atoms with Crippen molar-refractivity contribution in [3.8, 4) is 0 Å². The molecular formula is C24H27FN4O2. The summed E-state index contributed by atoms with van der Waals surface area (Å²) in [6, 6.07) is 14.1. The Morgan fingerprint density at radius 1 is 1.19 bits per heavy atom. The smallest absolute Gasteiger partial charge is 0.322 e. The van der Waals surface area contributed by atoms with Gasteiger partial charge in [0.2, 0.25) is 0 Å². The molecule has 0 unspecified atom stereocenters.